The van der Waals surface area contributed by atoms with Gasteiger partial charge in [0.2, 0.25) is 5.13 Å². The van der Waals surface area contributed by atoms with E-state index in [1.807, 2.05) is 0 Å². The van der Waals surface area contributed by atoms with Crippen molar-refractivity contribution < 1.29 is 4.74 Å². The molecule has 1 aliphatic rings. The Morgan fingerprint density at radius 1 is 1.39 bits per heavy atom. The minimum atomic E-state index is 0.693. The molecule has 0 aromatic carbocycles. The number of hydrogen-bond donors (Lipinski definition) is 0. The first-order valence-electron chi connectivity index (χ1n) is 6.43. The molecular weight excluding hydrogens is 248 g/mol. The van der Waals surface area contributed by atoms with Crippen molar-refractivity contribution in [2.45, 2.75) is 25.3 Å². The highest BCUT2D eigenvalue weighted by Crippen LogP contribution is 2.23. The van der Waals surface area contributed by atoms with E-state index in [-0.39, 0.29) is 0 Å². The van der Waals surface area contributed by atoms with Crippen molar-refractivity contribution in [3.8, 4) is 0 Å². The van der Waals surface area contributed by atoms with Crippen LogP contribution in [0.25, 0.3) is 0 Å². The molecule has 1 fully saturated rings. The van der Waals surface area contributed by atoms with Gasteiger partial charge in [-0.1, -0.05) is 0 Å². The molecule has 0 unspecified atom stereocenters. The van der Waals surface area contributed by atoms with E-state index in [0.29, 0.717) is 12.6 Å². The maximum Gasteiger partial charge on any atom is 0.205 e. The molecule has 6 heteroatoms. The predicted molar refractivity (Wildman–Crippen MR) is 74.4 cm³/mol. The van der Waals surface area contributed by atoms with Crippen LogP contribution in [-0.4, -0.2) is 61.2 Å². The zero-order valence-corrected chi connectivity index (χ0v) is 12.2. The SMILES string of the molecule is COCCc1nsc(N2CCC(N(C)C)CC2)n1. The van der Waals surface area contributed by atoms with E-state index < -0.39 is 0 Å². The van der Waals surface area contributed by atoms with Gasteiger partial charge in [0.15, 0.2) is 0 Å². The van der Waals surface area contributed by atoms with Crippen molar-refractivity contribution in [2.24, 2.45) is 0 Å². The molecule has 1 aliphatic heterocycles. The van der Waals surface area contributed by atoms with Crippen LogP contribution >= 0.6 is 11.5 Å². The third-order valence-corrected chi connectivity index (χ3v) is 4.27. The Morgan fingerprint density at radius 2 is 2.11 bits per heavy atom. The molecule has 18 heavy (non-hydrogen) atoms. The second-order valence-electron chi connectivity index (χ2n) is 4.92. The summed E-state index contributed by atoms with van der Waals surface area (Å²) in [6.07, 6.45) is 3.22. The fourth-order valence-electron chi connectivity index (χ4n) is 2.24. The molecule has 0 aliphatic carbocycles. The number of anilines is 1. The minimum absolute atomic E-state index is 0.693. The molecule has 0 N–H and O–H groups in total. The highest BCUT2D eigenvalue weighted by atomic mass is 32.1. The van der Waals surface area contributed by atoms with Gasteiger partial charge in [0.1, 0.15) is 5.82 Å². The summed E-state index contributed by atoms with van der Waals surface area (Å²) in [6, 6.07) is 0.710. The fraction of sp³-hybridized carbons (Fsp3) is 0.833. The van der Waals surface area contributed by atoms with Crippen LogP contribution in [0.5, 0.6) is 0 Å². The standard InChI is InChI=1S/C12H22N4OS/c1-15(2)10-4-7-16(8-5-10)12-13-11(14-18-12)6-9-17-3/h10H,4-9H2,1-3H3. The molecule has 2 rings (SSSR count). The van der Waals surface area contributed by atoms with Crippen molar-refractivity contribution in [3.63, 3.8) is 0 Å². The van der Waals surface area contributed by atoms with E-state index in [0.717, 1.165) is 30.5 Å². The number of methoxy groups -OCH3 is 1. The van der Waals surface area contributed by atoms with E-state index in [9.17, 15) is 0 Å². The highest BCUT2D eigenvalue weighted by Gasteiger charge is 2.22. The monoisotopic (exact) mass is 270 g/mol. The number of piperidine rings is 1. The molecule has 5 nitrogen and oxygen atoms in total. The van der Waals surface area contributed by atoms with Crippen molar-refractivity contribution in [3.05, 3.63) is 5.82 Å². The molecule has 1 aromatic heterocycles. The van der Waals surface area contributed by atoms with E-state index in [1.54, 1.807) is 7.11 Å². The third kappa shape index (κ3) is 3.40. The maximum absolute atomic E-state index is 5.05. The van der Waals surface area contributed by atoms with Gasteiger partial charge in [-0.2, -0.15) is 4.37 Å². The lowest BCUT2D eigenvalue weighted by atomic mass is 10.0. The molecule has 102 valence electrons. The quantitative estimate of drug-likeness (QED) is 0.805. The topological polar surface area (TPSA) is 41.5 Å². The van der Waals surface area contributed by atoms with Crippen molar-refractivity contribution >= 4 is 16.7 Å². The van der Waals surface area contributed by atoms with Crippen LogP contribution in [0.1, 0.15) is 18.7 Å². The number of nitrogens with zero attached hydrogens (tertiary/aromatic N) is 4. The van der Waals surface area contributed by atoms with Gasteiger partial charge < -0.3 is 14.5 Å². The van der Waals surface area contributed by atoms with Crippen LogP contribution in [0.3, 0.4) is 0 Å². The molecule has 0 radical (unpaired) electrons. The zero-order valence-electron chi connectivity index (χ0n) is 11.4. The molecule has 1 aromatic rings. The van der Waals surface area contributed by atoms with Gasteiger partial charge in [-0.25, -0.2) is 4.98 Å². The maximum atomic E-state index is 5.05. The Balaban J connectivity index is 1.87. The summed E-state index contributed by atoms with van der Waals surface area (Å²) in [7, 11) is 6.03. The molecule has 2 heterocycles. The Kier molecular flexibility index (Phi) is 4.91. The molecular formula is C12H22N4OS. The van der Waals surface area contributed by atoms with Gasteiger partial charge >= 0.3 is 0 Å². The summed E-state index contributed by atoms with van der Waals surface area (Å²) < 4.78 is 9.43. The smallest absolute Gasteiger partial charge is 0.205 e. The Labute approximate surface area is 113 Å². The summed E-state index contributed by atoms with van der Waals surface area (Å²) in [5.41, 5.74) is 0. The number of rotatable bonds is 5. The van der Waals surface area contributed by atoms with Crippen molar-refractivity contribution in [1.29, 1.82) is 0 Å². The first kappa shape index (κ1) is 13.7. The van der Waals surface area contributed by atoms with Gasteiger partial charge in [-0.3, -0.25) is 0 Å². The third-order valence-electron chi connectivity index (χ3n) is 3.45. The summed E-state index contributed by atoms with van der Waals surface area (Å²) in [4.78, 5) is 9.26. The van der Waals surface area contributed by atoms with Crippen LogP contribution in [-0.2, 0) is 11.2 Å². The van der Waals surface area contributed by atoms with Crippen LogP contribution in [0, 0.1) is 0 Å². The predicted octanol–water partition coefficient (Wildman–Crippen LogP) is 1.26. The molecule has 0 saturated carbocycles. The molecule has 0 atom stereocenters. The Hall–Kier alpha value is -0.720. The van der Waals surface area contributed by atoms with Gasteiger partial charge in [0.05, 0.1) is 6.61 Å². The summed E-state index contributed by atoms with van der Waals surface area (Å²) in [6.45, 7) is 2.86. The lowest BCUT2D eigenvalue weighted by Gasteiger charge is -2.34. The zero-order chi connectivity index (χ0) is 13.0. The number of aromatic nitrogens is 2. The van der Waals surface area contributed by atoms with Crippen molar-refractivity contribution in [2.75, 3.05) is 45.8 Å². The van der Waals surface area contributed by atoms with E-state index in [2.05, 4.69) is 33.3 Å². The van der Waals surface area contributed by atoms with E-state index >= 15 is 0 Å². The second-order valence-corrected chi connectivity index (χ2v) is 5.65. The van der Waals surface area contributed by atoms with Gasteiger partial charge in [-0.15, -0.1) is 0 Å². The first-order valence-corrected chi connectivity index (χ1v) is 7.21. The molecule has 0 bridgehead atoms. The van der Waals surface area contributed by atoms with Crippen molar-refractivity contribution in [1.82, 2.24) is 14.3 Å². The second kappa shape index (κ2) is 6.45. The number of ether oxygens (including phenoxy) is 1. The summed E-state index contributed by atoms with van der Waals surface area (Å²) >= 11 is 1.51. The average Bonchev–Trinajstić information content (AvgIpc) is 2.85. The molecule has 0 spiro atoms. The van der Waals surface area contributed by atoms with E-state index in [1.165, 1.54) is 24.4 Å². The van der Waals surface area contributed by atoms with Gasteiger partial charge in [-0.05, 0) is 26.9 Å². The Morgan fingerprint density at radius 3 is 2.72 bits per heavy atom. The Bertz CT molecular complexity index is 361. The van der Waals surface area contributed by atoms with Gasteiger partial charge in [0, 0.05) is 44.2 Å². The molecule has 1 saturated heterocycles. The van der Waals surface area contributed by atoms with E-state index in [4.69, 9.17) is 4.74 Å². The fourth-order valence-corrected chi connectivity index (χ4v) is 3.01. The molecule has 0 amide bonds. The van der Waals surface area contributed by atoms with Crippen LogP contribution in [0.2, 0.25) is 0 Å². The van der Waals surface area contributed by atoms with Crippen LogP contribution < -0.4 is 4.90 Å². The first-order chi connectivity index (χ1) is 8.70. The normalized spacial score (nSPS) is 17.7. The minimum Gasteiger partial charge on any atom is -0.384 e. The lowest BCUT2D eigenvalue weighted by Crippen LogP contribution is -2.41. The average molecular weight is 270 g/mol. The summed E-state index contributed by atoms with van der Waals surface area (Å²) in [5.74, 6) is 0.909. The lowest BCUT2D eigenvalue weighted by molar-refractivity contribution is 0.201. The van der Waals surface area contributed by atoms with Gasteiger partial charge in [0.25, 0.3) is 0 Å². The number of hydrogen-bond acceptors (Lipinski definition) is 6. The summed E-state index contributed by atoms with van der Waals surface area (Å²) in [5, 5.41) is 1.07. The van der Waals surface area contributed by atoms with Crippen LogP contribution in [0.15, 0.2) is 0 Å². The highest BCUT2D eigenvalue weighted by molar-refractivity contribution is 7.09. The van der Waals surface area contributed by atoms with Crippen LogP contribution in [0.4, 0.5) is 5.13 Å². The largest absolute Gasteiger partial charge is 0.384 e.